The molecular weight excluding hydrogens is 212 g/mol. The number of anilines is 1. The number of hydrogen-bond acceptors (Lipinski definition) is 3. The summed E-state index contributed by atoms with van der Waals surface area (Å²) in [6.45, 7) is 0. The van der Waals surface area contributed by atoms with Crippen LogP contribution >= 0.6 is 0 Å². The van der Waals surface area contributed by atoms with E-state index in [1.807, 2.05) is 24.3 Å². The van der Waals surface area contributed by atoms with Gasteiger partial charge in [0.2, 0.25) is 0 Å². The number of nitrogens with two attached hydrogens (primary N) is 1. The molecular formula is C13H16N4. The van der Waals surface area contributed by atoms with Crippen LogP contribution in [0.2, 0.25) is 0 Å². The molecule has 0 atom stereocenters. The largest absolute Gasteiger partial charge is 0.399 e. The van der Waals surface area contributed by atoms with E-state index >= 15 is 0 Å². The first-order chi connectivity index (χ1) is 8.33. The minimum absolute atomic E-state index is 0.567. The molecule has 88 valence electrons. The topological polar surface area (TPSA) is 67.6 Å². The van der Waals surface area contributed by atoms with Crippen LogP contribution in [0.5, 0.6) is 0 Å². The highest BCUT2D eigenvalue weighted by atomic mass is 15.2. The second-order valence-electron chi connectivity index (χ2n) is 4.65. The van der Waals surface area contributed by atoms with Crippen molar-refractivity contribution in [3.63, 3.8) is 0 Å². The number of H-pyrrole nitrogens is 1. The summed E-state index contributed by atoms with van der Waals surface area (Å²) in [5.74, 6) is 2.34. The zero-order valence-electron chi connectivity index (χ0n) is 9.69. The first kappa shape index (κ1) is 10.3. The maximum atomic E-state index is 5.76. The summed E-state index contributed by atoms with van der Waals surface area (Å²) in [7, 11) is 0. The van der Waals surface area contributed by atoms with E-state index in [-0.39, 0.29) is 0 Å². The lowest BCUT2D eigenvalue weighted by Gasteiger charge is -2.02. The molecule has 0 unspecified atom stereocenters. The normalized spacial score (nSPS) is 16.5. The predicted molar refractivity (Wildman–Crippen MR) is 67.4 cm³/mol. The van der Waals surface area contributed by atoms with E-state index in [9.17, 15) is 0 Å². The van der Waals surface area contributed by atoms with Gasteiger partial charge in [-0.25, -0.2) is 4.98 Å². The Morgan fingerprint density at radius 3 is 2.82 bits per heavy atom. The Balaban J connectivity index is 1.89. The first-order valence-corrected chi connectivity index (χ1v) is 6.11. The van der Waals surface area contributed by atoms with E-state index < -0.39 is 0 Å². The molecule has 1 aliphatic carbocycles. The summed E-state index contributed by atoms with van der Waals surface area (Å²) in [6, 6.07) is 7.68. The van der Waals surface area contributed by atoms with Gasteiger partial charge in [0.05, 0.1) is 0 Å². The quantitative estimate of drug-likeness (QED) is 0.776. The average molecular weight is 228 g/mol. The van der Waals surface area contributed by atoms with Gasteiger partial charge in [-0.05, 0) is 25.0 Å². The number of aromatic nitrogens is 3. The van der Waals surface area contributed by atoms with Crippen molar-refractivity contribution in [1.82, 2.24) is 15.2 Å². The maximum Gasteiger partial charge on any atom is 0.181 e. The lowest BCUT2D eigenvalue weighted by molar-refractivity contribution is 0.672. The van der Waals surface area contributed by atoms with Gasteiger partial charge in [-0.1, -0.05) is 25.0 Å². The highest BCUT2D eigenvalue weighted by Gasteiger charge is 2.20. The van der Waals surface area contributed by atoms with Crippen molar-refractivity contribution in [2.45, 2.75) is 31.6 Å². The summed E-state index contributed by atoms with van der Waals surface area (Å²) >= 11 is 0. The molecule has 0 radical (unpaired) electrons. The van der Waals surface area contributed by atoms with Crippen LogP contribution in [0, 0.1) is 0 Å². The van der Waals surface area contributed by atoms with Gasteiger partial charge in [-0.2, -0.15) is 5.10 Å². The van der Waals surface area contributed by atoms with Gasteiger partial charge in [-0.3, -0.25) is 5.10 Å². The fraction of sp³-hybridized carbons (Fsp3) is 0.385. The van der Waals surface area contributed by atoms with E-state index in [4.69, 9.17) is 5.73 Å². The lowest BCUT2D eigenvalue weighted by atomic mass is 10.1. The van der Waals surface area contributed by atoms with Crippen LogP contribution < -0.4 is 5.73 Å². The van der Waals surface area contributed by atoms with E-state index in [0.29, 0.717) is 5.92 Å². The summed E-state index contributed by atoms with van der Waals surface area (Å²) in [6.07, 6.45) is 5.06. The molecule has 1 saturated carbocycles. The predicted octanol–water partition coefficient (Wildman–Crippen LogP) is 2.71. The van der Waals surface area contributed by atoms with Gasteiger partial charge in [-0.15, -0.1) is 0 Å². The molecule has 0 bridgehead atoms. The average Bonchev–Trinajstić information content (AvgIpc) is 3.00. The summed E-state index contributed by atoms with van der Waals surface area (Å²) in [4.78, 5) is 4.58. The van der Waals surface area contributed by atoms with Gasteiger partial charge < -0.3 is 5.73 Å². The SMILES string of the molecule is Nc1cccc(-c2n[nH]c(C3CCCC3)n2)c1. The number of benzene rings is 1. The molecule has 2 aromatic rings. The van der Waals surface area contributed by atoms with Crippen LogP contribution in [-0.4, -0.2) is 15.2 Å². The number of aromatic amines is 1. The standard InChI is InChI=1S/C13H16N4/c14-11-7-3-6-10(8-11)13-15-12(16-17-13)9-4-1-2-5-9/h3,6-9H,1-2,4-5,14H2,(H,15,16,17). The Bertz CT molecular complexity index is 512. The number of nitrogens with zero attached hydrogens (tertiary/aromatic N) is 2. The maximum absolute atomic E-state index is 5.76. The van der Waals surface area contributed by atoms with Crippen LogP contribution in [0.1, 0.15) is 37.4 Å². The van der Waals surface area contributed by atoms with E-state index in [1.165, 1.54) is 25.7 Å². The fourth-order valence-electron chi connectivity index (χ4n) is 2.46. The van der Waals surface area contributed by atoms with Crippen LogP contribution in [0.25, 0.3) is 11.4 Å². The molecule has 17 heavy (non-hydrogen) atoms. The second-order valence-corrected chi connectivity index (χ2v) is 4.65. The summed E-state index contributed by atoms with van der Waals surface area (Å²) in [5.41, 5.74) is 7.48. The van der Waals surface area contributed by atoms with Crippen molar-refractivity contribution < 1.29 is 0 Å². The van der Waals surface area contributed by atoms with Crippen molar-refractivity contribution >= 4 is 5.69 Å². The smallest absolute Gasteiger partial charge is 0.181 e. The third kappa shape index (κ3) is 2.02. The van der Waals surface area contributed by atoms with Crippen LogP contribution in [-0.2, 0) is 0 Å². The monoisotopic (exact) mass is 228 g/mol. The van der Waals surface area contributed by atoms with E-state index in [0.717, 1.165) is 22.9 Å². The minimum atomic E-state index is 0.567. The van der Waals surface area contributed by atoms with E-state index in [2.05, 4.69) is 15.2 Å². The molecule has 0 spiro atoms. The molecule has 1 heterocycles. The molecule has 1 aromatic heterocycles. The van der Waals surface area contributed by atoms with Gasteiger partial charge in [0.15, 0.2) is 5.82 Å². The molecule has 3 rings (SSSR count). The molecule has 0 saturated heterocycles. The molecule has 1 aliphatic rings. The van der Waals surface area contributed by atoms with Gasteiger partial charge in [0.1, 0.15) is 5.82 Å². The highest BCUT2D eigenvalue weighted by Crippen LogP contribution is 2.32. The van der Waals surface area contributed by atoms with Crippen molar-refractivity contribution in [3.05, 3.63) is 30.1 Å². The minimum Gasteiger partial charge on any atom is -0.399 e. The van der Waals surface area contributed by atoms with Crippen LogP contribution in [0.4, 0.5) is 5.69 Å². The Labute approximate surface area is 100 Å². The van der Waals surface area contributed by atoms with Crippen molar-refractivity contribution in [2.75, 3.05) is 5.73 Å². The highest BCUT2D eigenvalue weighted by molar-refractivity contribution is 5.60. The molecule has 0 aliphatic heterocycles. The zero-order valence-corrected chi connectivity index (χ0v) is 9.69. The van der Waals surface area contributed by atoms with E-state index in [1.54, 1.807) is 0 Å². The molecule has 3 N–H and O–H groups in total. The first-order valence-electron chi connectivity index (χ1n) is 6.11. The molecule has 4 heteroatoms. The Morgan fingerprint density at radius 1 is 1.24 bits per heavy atom. The Morgan fingerprint density at radius 2 is 2.06 bits per heavy atom. The fourth-order valence-corrected chi connectivity index (χ4v) is 2.46. The second kappa shape index (κ2) is 4.20. The van der Waals surface area contributed by atoms with Crippen molar-refractivity contribution in [3.8, 4) is 11.4 Å². The van der Waals surface area contributed by atoms with Gasteiger partial charge >= 0.3 is 0 Å². The van der Waals surface area contributed by atoms with Gasteiger partial charge in [0.25, 0.3) is 0 Å². The summed E-state index contributed by atoms with van der Waals surface area (Å²) in [5, 5.41) is 7.34. The molecule has 1 fully saturated rings. The van der Waals surface area contributed by atoms with Gasteiger partial charge in [0, 0.05) is 17.2 Å². The molecule has 1 aromatic carbocycles. The van der Waals surface area contributed by atoms with Crippen molar-refractivity contribution in [1.29, 1.82) is 0 Å². The number of hydrogen-bond donors (Lipinski definition) is 2. The number of nitrogens with one attached hydrogen (secondary N) is 1. The molecule has 0 amide bonds. The lowest BCUT2D eigenvalue weighted by Crippen LogP contribution is -1.94. The van der Waals surface area contributed by atoms with Crippen LogP contribution in [0.15, 0.2) is 24.3 Å². The third-order valence-corrected chi connectivity index (χ3v) is 3.39. The number of rotatable bonds is 2. The zero-order chi connectivity index (χ0) is 11.7. The number of nitrogen functional groups attached to an aromatic ring is 1. The third-order valence-electron chi connectivity index (χ3n) is 3.39. The molecule has 4 nitrogen and oxygen atoms in total. The summed E-state index contributed by atoms with van der Waals surface area (Å²) < 4.78 is 0. The Hall–Kier alpha value is -1.84. The Kier molecular flexibility index (Phi) is 2.55. The van der Waals surface area contributed by atoms with Crippen LogP contribution in [0.3, 0.4) is 0 Å². The van der Waals surface area contributed by atoms with Crippen molar-refractivity contribution in [2.24, 2.45) is 0 Å².